The van der Waals surface area contributed by atoms with Crippen LogP contribution in [0, 0.1) is 5.41 Å². The number of nitrogens with zero attached hydrogens (tertiary/aromatic N) is 1. The predicted octanol–water partition coefficient (Wildman–Crippen LogP) is 2.87. The maximum absolute atomic E-state index is 12.5. The summed E-state index contributed by atoms with van der Waals surface area (Å²) >= 11 is 3.26. The zero-order valence-electron chi connectivity index (χ0n) is 12.9. The van der Waals surface area contributed by atoms with Crippen molar-refractivity contribution in [2.75, 3.05) is 11.6 Å². The van der Waals surface area contributed by atoms with E-state index in [9.17, 15) is 9.59 Å². The third-order valence-corrected chi connectivity index (χ3v) is 5.48. The van der Waals surface area contributed by atoms with E-state index in [2.05, 4.69) is 5.32 Å². The number of amides is 2. The fourth-order valence-electron chi connectivity index (χ4n) is 2.21. The second-order valence-electron chi connectivity index (χ2n) is 6.29. The van der Waals surface area contributed by atoms with Crippen LogP contribution < -0.4 is 5.32 Å². The molecule has 0 radical (unpaired) electrons. The number of rotatable bonds is 3. The molecule has 6 heteroatoms. The van der Waals surface area contributed by atoms with Crippen LogP contribution in [-0.2, 0) is 9.59 Å². The Morgan fingerprint density at radius 1 is 1.43 bits per heavy atom. The van der Waals surface area contributed by atoms with Crippen LogP contribution in [0.25, 0.3) is 0 Å². The lowest BCUT2D eigenvalue weighted by molar-refractivity contribution is -0.144. The number of hydrogen-bond donors (Lipinski definition) is 1. The summed E-state index contributed by atoms with van der Waals surface area (Å²) in [6.45, 7) is 7.65. The molecule has 1 aromatic rings. The Bertz CT molecular complexity index is 508. The molecule has 2 unspecified atom stereocenters. The minimum Gasteiger partial charge on any atom is -0.347 e. The van der Waals surface area contributed by atoms with Crippen molar-refractivity contribution in [1.82, 2.24) is 10.2 Å². The lowest BCUT2D eigenvalue weighted by atomic mass is 9.94. The number of carbonyl (C=O) groups excluding carboxylic acids is 2. The molecular weight excluding hydrogens is 304 g/mol. The molecule has 1 saturated heterocycles. The third kappa shape index (κ3) is 3.80. The van der Waals surface area contributed by atoms with Crippen molar-refractivity contribution in [2.45, 2.75) is 39.8 Å². The van der Waals surface area contributed by atoms with Crippen LogP contribution in [0.15, 0.2) is 17.5 Å². The highest BCUT2D eigenvalue weighted by molar-refractivity contribution is 7.99. The molecular formula is C15H22N2O2S2. The Morgan fingerprint density at radius 2 is 2.14 bits per heavy atom. The van der Waals surface area contributed by atoms with Crippen LogP contribution in [0.3, 0.4) is 0 Å². The smallest absolute Gasteiger partial charge is 0.244 e. The van der Waals surface area contributed by atoms with Gasteiger partial charge in [0.2, 0.25) is 11.8 Å². The second kappa shape index (κ2) is 6.40. The Morgan fingerprint density at radius 3 is 2.71 bits per heavy atom. The highest BCUT2D eigenvalue weighted by Gasteiger charge is 2.39. The molecule has 0 aromatic carbocycles. The summed E-state index contributed by atoms with van der Waals surface area (Å²) in [5.41, 5.74) is -0.456. The Balaban J connectivity index is 2.03. The molecule has 2 rings (SSSR count). The minimum atomic E-state index is -0.456. The van der Waals surface area contributed by atoms with Crippen LogP contribution in [0.4, 0.5) is 0 Å². The van der Waals surface area contributed by atoms with Gasteiger partial charge in [0.25, 0.3) is 0 Å². The molecule has 0 bridgehead atoms. The zero-order chi connectivity index (χ0) is 15.6. The van der Waals surface area contributed by atoms with E-state index in [1.165, 1.54) is 0 Å². The first-order valence-corrected chi connectivity index (χ1v) is 9.06. The molecule has 1 aliphatic rings. The normalized spacial score (nSPS) is 20.4. The Kier molecular flexibility index (Phi) is 4.99. The first kappa shape index (κ1) is 16.4. The molecule has 0 saturated carbocycles. The largest absolute Gasteiger partial charge is 0.347 e. The van der Waals surface area contributed by atoms with E-state index in [1.807, 2.05) is 45.2 Å². The summed E-state index contributed by atoms with van der Waals surface area (Å²) in [5.74, 6) is 1.25. The van der Waals surface area contributed by atoms with Gasteiger partial charge >= 0.3 is 0 Å². The van der Waals surface area contributed by atoms with E-state index in [-0.39, 0.29) is 23.9 Å². The van der Waals surface area contributed by atoms with Gasteiger partial charge in [-0.1, -0.05) is 26.8 Å². The second-order valence-corrected chi connectivity index (χ2v) is 8.27. The number of thiophene rings is 1. The first-order valence-electron chi connectivity index (χ1n) is 7.03. The number of thioether (sulfide) groups is 1. The van der Waals surface area contributed by atoms with Gasteiger partial charge in [0.1, 0.15) is 6.04 Å². The molecule has 21 heavy (non-hydrogen) atoms. The quantitative estimate of drug-likeness (QED) is 0.929. The summed E-state index contributed by atoms with van der Waals surface area (Å²) in [7, 11) is 0. The molecule has 2 atom stereocenters. The summed E-state index contributed by atoms with van der Waals surface area (Å²) in [6.07, 6.45) is 0. The maximum Gasteiger partial charge on any atom is 0.244 e. The number of nitrogens with one attached hydrogen (secondary N) is 1. The lowest BCUT2D eigenvalue weighted by Gasteiger charge is -2.30. The predicted molar refractivity (Wildman–Crippen MR) is 88.3 cm³/mol. The number of carbonyl (C=O) groups is 2. The maximum atomic E-state index is 12.5. The van der Waals surface area contributed by atoms with Gasteiger partial charge in [-0.15, -0.1) is 23.1 Å². The monoisotopic (exact) mass is 326 g/mol. The van der Waals surface area contributed by atoms with Gasteiger partial charge in [-0.25, -0.2) is 0 Å². The van der Waals surface area contributed by atoms with Gasteiger partial charge in [0.05, 0.1) is 11.9 Å². The van der Waals surface area contributed by atoms with Gasteiger partial charge in [-0.3, -0.25) is 9.59 Å². The van der Waals surface area contributed by atoms with E-state index in [0.717, 1.165) is 4.88 Å². The molecule has 1 aromatic heterocycles. The average molecular weight is 326 g/mol. The molecule has 1 aliphatic heterocycles. The van der Waals surface area contributed by atoms with Gasteiger partial charge in [0.15, 0.2) is 0 Å². The van der Waals surface area contributed by atoms with Crippen molar-refractivity contribution in [1.29, 1.82) is 0 Å². The SMILES string of the molecule is CC(NC(=O)C1CSCN1C(=O)C(C)(C)C)c1cccs1. The van der Waals surface area contributed by atoms with Gasteiger partial charge in [-0.05, 0) is 18.4 Å². The molecule has 1 fully saturated rings. The van der Waals surface area contributed by atoms with Gasteiger partial charge < -0.3 is 10.2 Å². The average Bonchev–Trinajstić information content (AvgIpc) is 3.07. The van der Waals surface area contributed by atoms with Crippen molar-refractivity contribution >= 4 is 34.9 Å². The fraction of sp³-hybridized carbons (Fsp3) is 0.600. The lowest BCUT2D eigenvalue weighted by Crippen LogP contribution is -2.50. The first-order chi connectivity index (χ1) is 9.80. The van der Waals surface area contributed by atoms with Crippen LogP contribution in [0.2, 0.25) is 0 Å². The van der Waals surface area contributed by atoms with Crippen LogP contribution in [-0.4, -0.2) is 34.4 Å². The molecule has 4 nitrogen and oxygen atoms in total. The summed E-state index contributed by atoms with van der Waals surface area (Å²) in [6, 6.07) is 3.61. The summed E-state index contributed by atoms with van der Waals surface area (Å²) in [5, 5.41) is 5.02. The molecule has 2 heterocycles. The highest BCUT2D eigenvalue weighted by atomic mass is 32.2. The van der Waals surface area contributed by atoms with Crippen molar-refractivity contribution in [3.8, 4) is 0 Å². The van der Waals surface area contributed by atoms with E-state index >= 15 is 0 Å². The summed E-state index contributed by atoms with van der Waals surface area (Å²) in [4.78, 5) is 27.7. The zero-order valence-corrected chi connectivity index (χ0v) is 14.5. The van der Waals surface area contributed by atoms with Crippen molar-refractivity contribution in [3.05, 3.63) is 22.4 Å². The molecule has 1 N–H and O–H groups in total. The van der Waals surface area contributed by atoms with Crippen LogP contribution >= 0.6 is 23.1 Å². The van der Waals surface area contributed by atoms with Crippen molar-refractivity contribution in [3.63, 3.8) is 0 Å². The fourth-order valence-corrected chi connectivity index (χ4v) is 4.10. The molecule has 116 valence electrons. The Hall–Kier alpha value is -1.01. The standard InChI is InChI=1S/C15H22N2O2S2/c1-10(12-6-5-7-21-12)16-13(18)11-8-20-9-17(11)14(19)15(2,3)4/h5-7,10-11H,8-9H2,1-4H3,(H,16,18). The Labute approximate surface area is 134 Å². The topological polar surface area (TPSA) is 49.4 Å². The van der Waals surface area contributed by atoms with Crippen LogP contribution in [0.5, 0.6) is 0 Å². The van der Waals surface area contributed by atoms with E-state index in [0.29, 0.717) is 11.6 Å². The molecule has 0 aliphatic carbocycles. The van der Waals surface area contributed by atoms with Gasteiger partial charge in [-0.2, -0.15) is 0 Å². The van der Waals surface area contributed by atoms with E-state index in [1.54, 1.807) is 28.0 Å². The molecule has 2 amide bonds. The van der Waals surface area contributed by atoms with Crippen LogP contribution in [0.1, 0.15) is 38.6 Å². The highest BCUT2D eigenvalue weighted by Crippen LogP contribution is 2.28. The third-order valence-electron chi connectivity index (χ3n) is 3.42. The minimum absolute atomic E-state index is 0.0188. The van der Waals surface area contributed by atoms with Crippen molar-refractivity contribution in [2.24, 2.45) is 5.41 Å². The molecule has 0 spiro atoms. The van der Waals surface area contributed by atoms with Gasteiger partial charge in [0, 0.05) is 16.0 Å². The summed E-state index contributed by atoms with van der Waals surface area (Å²) < 4.78 is 0. The van der Waals surface area contributed by atoms with E-state index in [4.69, 9.17) is 0 Å². The van der Waals surface area contributed by atoms with E-state index < -0.39 is 5.41 Å². The van der Waals surface area contributed by atoms with Crippen molar-refractivity contribution < 1.29 is 9.59 Å². The number of hydrogen-bond acceptors (Lipinski definition) is 4.